The highest BCUT2D eigenvalue weighted by Crippen LogP contribution is 2.37. The van der Waals surface area contributed by atoms with Crippen LogP contribution in [0.15, 0.2) is 78.5 Å². The number of benzene rings is 3. The van der Waals surface area contributed by atoms with Crippen molar-refractivity contribution in [3.05, 3.63) is 95.4 Å². The molecule has 1 aliphatic heterocycles. The molecule has 30 heavy (non-hydrogen) atoms. The largest absolute Gasteiger partial charge is 0.495 e. The topological polar surface area (TPSA) is 58.6 Å². The summed E-state index contributed by atoms with van der Waals surface area (Å²) in [7, 11) is 1.48. The van der Waals surface area contributed by atoms with Gasteiger partial charge >= 0.3 is 0 Å². The molecule has 3 aromatic rings. The van der Waals surface area contributed by atoms with E-state index in [1.165, 1.54) is 25.3 Å². The number of rotatable bonds is 5. The van der Waals surface area contributed by atoms with Gasteiger partial charge in [-0.25, -0.2) is 9.29 Å². The summed E-state index contributed by atoms with van der Waals surface area (Å²) in [6.45, 7) is 1.94. The third-order valence-corrected chi connectivity index (χ3v) is 4.84. The molecule has 0 radical (unpaired) electrons. The van der Waals surface area contributed by atoms with E-state index >= 15 is 0 Å². The van der Waals surface area contributed by atoms with E-state index in [1.54, 1.807) is 42.5 Å². The van der Waals surface area contributed by atoms with Crippen LogP contribution in [0.3, 0.4) is 0 Å². The van der Waals surface area contributed by atoms with Crippen LogP contribution in [0.1, 0.15) is 11.1 Å². The summed E-state index contributed by atoms with van der Waals surface area (Å²) in [4.78, 5) is 27.9. The van der Waals surface area contributed by atoms with Crippen molar-refractivity contribution in [3.63, 3.8) is 0 Å². The number of anilines is 2. The summed E-state index contributed by atoms with van der Waals surface area (Å²) >= 11 is 0. The molecule has 0 bridgehead atoms. The Hall–Kier alpha value is -3.93. The average molecular weight is 402 g/mol. The minimum absolute atomic E-state index is 0.0837. The zero-order valence-corrected chi connectivity index (χ0v) is 16.5. The highest BCUT2D eigenvalue weighted by atomic mass is 19.1. The molecule has 3 aromatic carbocycles. The van der Waals surface area contributed by atoms with Crippen molar-refractivity contribution < 1.29 is 18.7 Å². The van der Waals surface area contributed by atoms with Crippen LogP contribution in [0.4, 0.5) is 15.8 Å². The Morgan fingerprint density at radius 1 is 0.900 bits per heavy atom. The van der Waals surface area contributed by atoms with Crippen molar-refractivity contribution in [2.45, 2.75) is 6.92 Å². The van der Waals surface area contributed by atoms with E-state index in [0.717, 1.165) is 10.5 Å². The Morgan fingerprint density at radius 2 is 1.63 bits per heavy atom. The van der Waals surface area contributed by atoms with Gasteiger partial charge < -0.3 is 10.1 Å². The van der Waals surface area contributed by atoms with Gasteiger partial charge in [0.25, 0.3) is 11.8 Å². The van der Waals surface area contributed by atoms with Crippen LogP contribution in [0, 0.1) is 12.7 Å². The third kappa shape index (κ3) is 3.43. The summed E-state index contributed by atoms with van der Waals surface area (Å²) < 4.78 is 19.0. The lowest BCUT2D eigenvalue weighted by Gasteiger charge is -2.18. The lowest BCUT2D eigenvalue weighted by Crippen LogP contribution is -2.32. The molecule has 0 saturated heterocycles. The van der Waals surface area contributed by atoms with Crippen molar-refractivity contribution in [1.29, 1.82) is 0 Å². The fourth-order valence-corrected chi connectivity index (χ4v) is 3.38. The number of hydrogen-bond acceptors (Lipinski definition) is 4. The summed E-state index contributed by atoms with van der Waals surface area (Å²) in [6, 6.07) is 19.9. The molecular weight excluding hydrogens is 383 g/mol. The van der Waals surface area contributed by atoms with Gasteiger partial charge in [0.05, 0.1) is 18.4 Å². The van der Waals surface area contributed by atoms with Crippen molar-refractivity contribution >= 4 is 28.8 Å². The standard InChI is InChI=1S/C24H19FN2O3/c1-15-10-12-16(13-11-15)21-22(26-18-7-5-6-17(25)14-18)24(29)27(23(21)28)19-8-3-4-9-20(19)30-2/h3-14,26H,1-2H3. The Bertz CT molecular complexity index is 1170. The van der Waals surface area contributed by atoms with Crippen LogP contribution in [-0.4, -0.2) is 18.9 Å². The van der Waals surface area contributed by atoms with Gasteiger partial charge in [-0.15, -0.1) is 0 Å². The lowest BCUT2D eigenvalue weighted by molar-refractivity contribution is -0.120. The Kier molecular flexibility index (Phi) is 5.06. The molecule has 0 spiro atoms. The molecule has 150 valence electrons. The van der Waals surface area contributed by atoms with E-state index in [4.69, 9.17) is 4.74 Å². The minimum atomic E-state index is -0.538. The summed E-state index contributed by atoms with van der Waals surface area (Å²) in [5.74, 6) is -1.07. The van der Waals surface area contributed by atoms with E-state index in [9.17, 15) is 14.0 Å². The van der Waals surface area contributed by atoms with Crippen molar-refractivity contribution in [2.24, 2.45) is 0 Å². The van der Waals surface area contributed by atoms with Crippen molar-refractivity contribution in [3.8, 4) is 5.75 Å². The van der Waals surface area contributed by atoms with Gasteiger partial charge in [0.2, 0.25) is 0 Å². The van der Waals surface area contributed by atoms with Gasteiger partial charge in [0.1, 0.15) is 17.3 Å². The number of amides is 2. The first-order valence-electron chi connectivity index (χ1n) is 9.35. The molecule has 5 nitrogen and oxygen atoms in total. The molecule has 0 unspecified atom stereocenters. The number of halogens is 1. The second kappa shape index (κ2) is 7.83. The fourth-order valence-electron chi connectivity index (χ4n) is 3.38. The van der Waals surface area contributed by atoms with E-state index in [-0.39, 0.29) is 11.3 Å². The van der Waals surface area contributed by atoms with Gasteiger partial charge in [-0.05, 0) is 42.8 Å². The average Bonchev–Trinajstić information content (AvgIpc) is 2.98. The van der Waals surface area contributed by atoms with Crippen LogP contribution < -0.4 is 15.0 Å². The fraction of sp³-hybridized carbons (Fsp3) is 0.0833. The van der Waals surface area contributed by atoms with Crippen LogP contribution in [0.5, 0.6) is 5.75 Å². The number of carbonyl (C=O) groups excluding carboxylic acids is 2. The first kappa shape index (κ1) is 19.4. The normalized spacial score (nSPS) is 13.8. The van der Waals surface area contributed by atoms with Crippen LogP contribution in [-0.2, 0) is 9.59 Å². The number of para-hydroxylation sites is 2. The predicted octanol–water partition coefficient (Wildman–Crippen LogP) is 4.54. The number of nitrogens with zero attached hydrogens (tertiary/aromatic N) is 1. The quantitative estimate of drug-likeness (QED) is 0.637. The van der Waals surface area contributed by atoms with E-state index in [1.807, 2.05) is 19.1 Å². The summed E-state index contributed by atoms with van der Waals surface area (Å²) in [6.07, 6.45) is 0. The van der Waals surface area contributed by atoms with Crippen LogP contribution in [0.25, 0.3) is 5.57 Å². The molecule has 0 atom stereocenters. The second-order valence-electron chi connectivity index (χ2n) is 6.87. The zero-order chi connectivity index (χ0) is 21.3. The number of carbonyl (C=O) groups is 2. The van der Waals surface area contributed by atoms with Gasteiger partial charge in [-0.3, -0.25) is 9.59 Å². The first-order chi connectivity index (χ1) is 14.5. The van der Waals surface area contributed by atoms with Crippen LogP contribution >= 0.6 is 0 Å². The highest BCUT2D eigenvalue weighted by Gasteiger charge is 2.41. The van der Waals surface area contributed by atoms with E-state index in [2.05, 4.69) is 5.32 Å². The maximum Gasteiger partial charge on any atom is 0.282 e. The Morgan fingerprint density at radius 3 is 2.33 bits per heavy atom. The molecule has 1 N–H and O–H groups in total. The molecular formula is C24H19FN2O3. The second-order valence-corrected chi connectivity index (χ2v) is 6.87. The number of ether oxygens (including phenoxy) is 1. The molecule has 0 aromatic heterocycles. The van der Waals surface area contributed by atoms with Crippen molar-refractivity contribution in [1.82, 2.24) is 0 Å². The monoisotopic (exact) mass is 402 g/mol. The summed E-state index contributed by atoms with van der Waals surface area (Å²) in [5, 5.41) is 2.95. The lowest BCUT2D eigenvalue weighted by atomic mass is 10.0. The maximum absolute atomic E-state index is 13.7. The van der Waals surface area contributed by atoms with Gasteiger partial charge in [0.15, 0.2) is 0 Å². The third-order valence-electron chi connectivity index (χ3n) is 4.84. The Labute approximate surface area is 173 Å². The van der Waals surface area contributed by atoms with E-state index in [0.29, 0.717) is 22.7 Å². The SMILES string of the molecule is COc1ccccc1N1C(=O)C(Nc2cccc(F)c2)=C(c2ccc(C)cc2)C1=O. The molecule has 0 saturated carbocycles. The van der Waals surface area contributed by atoms with Gasteiger partial charge in [-0.1, -0.05) is 48.0 Å². The number of hydrogen-bond donors (Lipinski definition) is 1. The first-order valence-corrected chi connectivity index (χ1v) is 9.35. The molecule has 1 heterocycles. The molecule has 2 amide bonds. The van der Waals surface area contributed by atoms with Gasteiger partial charge in [-0.2, -0.15) is 0 Å². The molecule has 0 fully saturated rings. The van der Waals surface area contributed by atoms with Crippen LogP contribution in [0.2, 0.25) is 0 Å². The van der Waals surface area contributed by atoms with E-state index < -0.39 is 17.6 Å². The summed E-state index contributed by atoms with van der Waals surface area (Å²) in [5.41, 5.74) is 2.64. The molecule has 1 aliphatic rings. The minimum Gasteiger partial charge on any atom is -0.495 e. The number of imide groups is 1. The molecule has 0 aliphatic carbocycles. The molecule has 6 heteroatoms. The highest BCUT2D eigenvalue weighted by molar-refractivity contribution is 6.46. The predicted molar refractivity (Wildman–Crippen MR) is 114 cm³/mol. The smallest absolute Gasteiger partial charge is 0.282 e. The van der Waals surface area contributed by atoms with Crippen molar-refractivity contribution in [2.75, 3.05) is 17.3 Å². The number of nitrogens with one attached hydrogen (secondary N) is 1. The molecule has 4 rings (SSSR count). The zero-order valence-electron chi connectivity index (χ0n) is 16.5. The number of methoxy groups -OCH3 is 1. The Balaban J connectivity index is 1.85. The van der Waals surface area contributed by atoms with Gasteiger partial charge in [0, 0.05) is 5.69 Å². The number of aryl methyl sites for hydroxylation is 1. The maximum atomic E-state index is 13.7.